The van der Waals surface area contributed by atoms with E-state index in [4.69, 9.17) is 5.73 Å². The summed E-state index contributed by atoms with van der Waals surface area (Å²) in [5.74, 6) is 1.04. The second-order valence-electron chi connectivity index (χ2n) is 7.33. The summed E-state index contributed by atoms with van der Waals surface area (Å²) in [5, 5.41) is 3.00. The number of pyridine rings is 1. The summed E-state index contributed by atoms with van der Waals surface area (Å²) in [5.41, 5.74) is 6.63. The fourth-order valence-electron chi connectivity index (χ4n) is 3.78. The van der Waals surface area contributed by atoms with E-state index in [9.17, 15) is 4.79 Å². The quantitative estimate of drug-likeness (QED) is 0.890. The molecule has 0 spiro atoms. The van der Waals surface area contributed by atoms with Gasteiger partial charge in [-0.1, -0.05) is 38.2 Å². The largest absolute Gasteiger partial charge is 0.357 e. The van der Waals surface area contributed by atoms with Gasteiger partial charge in [0.05, 0.1) is 5.54 Å². The molecule has 2 heterocycles. The number of nitrogens with two attached hydrogens (primary N) is 1. The SMILES string of the molecule is NC1(C(=O)NCc2ccc(N3CCCCCC3)nc2)CCCCC1. The topological polar surface area (TPSA) is 71.2 Å². The third-order valence-corrected chi connectivity index (χ3v) is 5.39. The third kappa shape index (κ3) is 4.26. The summed E-state index contributed by atoms with van der Waals surface area (Å²) in [4.78, 5) is 19.3. The van der Waals surface area contributed by atoms with Crippen molar-refractivity contribution < 1.29 is 4.79 Å². The molecular formula is C19H30N4O. The van der Waals surface area contributed by atoms with E-state index in [-0.39, 0.29) is 5.91 Å². The van der Waals surface area contributed by atoms with Gasteiger partial charge in [-0.2, -0.15) is 0 Å². The first-order valence-corrected chi connectivity index (χ1v) is 9.44. The van der Waals surface area contributed by atoms with Crippen LogP contribution in [0.15, 0.2) is 18.3 Å². The number of nitrogens with one attached hydrogen (secondary N) is 1. The molecule has 0 unspecified atom stereocenters. The van der Waals surface area contributed by atoms with Crippen LogP contribution in [-0.2, 0) is 11.3 Å². The average molecular weight is 330 g/mol. The Bertz CT molecular complexity index is 529. The number of amides is 1. The van der Waals surface area contributed by atoms with Gasteiger partial charge in [-0.3, -0.25) is 4.79 Å². The van der Waals surface area contributed by atoms with Crippen LogP contribution in [0.3, 0.4) is 0 Å². The molecule has 5 nitrogen and oxygen atoms in total. The fourth-order valence-corrected chi connectivity index (χ4v) is 3.78. The van der Waals surface area contributed by atoms with E-state index >= 15 is 0 Å². The molecule has 2 fully saturated rings. The van der Waals surface area contributed by atoms with Gasteiger partial charge in [0.15, 0.2) is 0 Å². The summed E-state index contributed by atoms with van der Waals surface area (Å²) >= 11 is 0. The molecular weight excluding hydrogens is 300 g/mol. The lowest BCUT2D eigenvalue weighted by Crippen LogP contribution is -2.54. The number of anilines is 1. The van der Waals surface area contributed by atoms with Gasteiger partial charge in [-0.15, -0.1) is 0 Å². The Hall–Kier alpha value is -1.62. The van der Waals surface area contributed by atoms with Crippen molar-refractivity contribution in [2.24, 2.45) is 5.73 Å². The maximum absolute atomic E-state index is 12.4. The summed E-state index contributed by atoms with van der Waals surface area (Å²) in [7, 11) is 0. The first-order chi connectivity index (χ1) is 11.7. The second kappa shape index (κ2) is 7.97. The van der Waals surface area contributed by atoms with Gasteiger partial charge in [0, 0.05) is 25.8 Å². The Morgan fingerprint density at radius 2 is 1.75 bits per heavy atom. The number of hydrogen-bond donors (Lipinski definition) is 2. The van der Waals surface area contributed by atoms with Gasteiger partial charge in [0.1, 0.15) is 5.82 Å². The van der Waals surface area contributed by atoms with Gasteiger partial charge in [-0.05, 0) is 37.3 Å². The second-order valence-corrected chi connectivity index (χ2v) is 7.33. The van der Waals surface area contributed by atoms with E-state index < -0.39 is 5.54 Å². The molecule has 132 valence electrons. The molecule has 1 aliphatic heterocycles. The highest BCUT2D eigenvalue weighted by Crippen LogP contribution is 2.26. The van der Waals surface area contributed by atoms with Crippen LogP contribution in [0.2, 0.25) is 0 Å². The zero-order chi connectivity index (χ0) is 16.8. The van der Waals surface area contributed by atoms with Crippen molar-refractivity contribution in [1.29, 1.82) is 0 Å². The maximum atomic E-state index is 12.4. The normalized spacial score (nSPS) is 21.1. The third-order valence-electron chi connectivity index (χ3n) is 5.39. The number of nitrogens with zero attached hydrogens (tertiary/aromatic N) is 2. The van der Waals surface area contributed by atoms with E-state index in [2.05, 4.69) is 27.3 Å². The summed E-state index contributed by atoms with van der Waals surface area (Å²) in [6.07, 6.45) is 11.9. The molecule has 5 heteroatoms. The molecule has 1 amide bonds. The maximum Gasteiger partial charge on any atom is 0.240 e. The van der Waals surface area contributed by atoms with E-state index in [0.29, 0.717) is 6.54 Å². The van der Waals surface area contributed by atoms with Crippen LogP contribution in [0, 0.1) is 0 Å². The molecule has 2 aliphatic rings. The van der Waals surface area contributed by atoms with Crippen molar-refractivity contribution in [3.05, 3.63) is 23.9 Å². The van der Waals surface area contributed by atoms with Gasteiger partial charge in [0.2, 0.25) is 5.91 Å². The first-order valence-electron chi connectivity index (χ1n) is 9.44. The minimum Gasteiger partial charge on any atom is -0.357 e. The zero-order valence-electron chi connectivity index (χ0n) is 14.6. The van der Waals surface area contributed by atoms with Crippen LogP contribution < -0.4 is 16.0 Å². The number of aromatic nitrogens is 1. The molecule has 1 aliphatic carbocycles. The highest BCUT2D eigenvalue weighted by Gasteiger charge is 2.34. The van der Waals surface area contributed by atoms with Crippen molar-refractivity contribution >= 4 is 11.7 Å². The van der Waals surface area contributed by atoms with E-state index in [1.165, 1.54) is 32.1 Å². The monoisotopic (exact) mass is 330 g/mol. The molecule has 24 heavy (non-hydrogen) atoms. The lowest BCUT2D eigenvalue weighted by Gasteiger charge is -2.31. The molecule has 3 rings (SSSR count). The zero-order valence-corrected chi connectivity index (χ0v) is 14.6. The molecule has 1 aromatic rings. The predicted octanol–water partition coefficient (Wildman–Crippen LogP) is 2.74. The number of carbonyl (C=O) groups is 1. The smallest absolute Gasteiger partial charge is 0.240 e. The standard InChI is InChI=1S/C19H30N4O/c20-19(10-4-3-5-11-19)18(24)22-15-16-8-9-17(21-14-16)23-12-6-1-2-7-13-23/h8-9,14H,1-7,10-13,15,20H2,(H,22,24). The Kier molecular flexibility index (Phi) is 5.72. The lowest BCUT2D eigenvalue weighted by molar-refractivity contribution is -0.127. The molecule has 1 saturated heterocycles. The van der Waals surface area contributed by atoms with Crippen LogP contribution in [0.1, 0.15) is 63.4 Å². The Balaban J connectivity index is 1.53. The van der Waals surface area contributed by atoms with Crippen molar-refractivity contribution in [3.8, 4) is 0 Å². The molecule has 0 aromatic carbocycles. The van der Waals surface area contributed by atoms with Crippen molar-refractivity contribution in [2.45, 2.75) is 69.9 Å². The van der Waals surface area contributed by atoms with Crippen molar-refractivity contribution in [3.63, 3.8) is 0 Å². The number of rotatable bonds is 4. The highest BCUT2D eigenvalue weighted by atomic mass is 16.2. The lowest BCUT2D eigenvalue weighted by atomic mass is 9.82. The first kappa shape index (κ1) is 17.2. The van der Waals surface area contributed by atoms with Crippen LogP contribution in [-0.4, -0.2) is 29.5 Å². The van der Waals surface area contributed by atoms with Crippen molar-refractivity contribution in [1.82, 2.24) is 10.3 Å². The minimum atomic E-state index is -0.669. The Morgan fingerprint density at radius 1 is 1.08 bits per heavy atom. The molecule has 1 saturated carbocycles. The average Bonchev–Trinajstić information content (AvgIpc) is 2.90. The van der Waals surface area contributed by atoms with Gasteiger partial charge < -0.3 is 16.0 Å². The summed E-state index contributed by atoms with van der Waals surface area (Å²) in [6.45, 7) is 2.70. The van der Waals surface area contributed by atoms with Crippen LogP contribution in [0.5, 0.6) is 0 Å². The molecule has 1 aromatic heterocycles. The van der Waals surface area contributed by atoms with Crippen LogP contribution in [0.25, 0.3) is 0 Å². The Labute approximate surface area is 145 Å². The van der Waals surface area contributed by atoms with Crippen LogP contribution >= 0.6 is 0 Å². The van der Waals surface area contributed by atoms with Gasteiger partial charge in [0.25, 0.3) is 0 Å². The number of hydrogen-bond acceptors (Lipinski definition) is 4. The van der Waals surface area contributed by atoms with E-state index in [0.717, 1.165) is 50.2 Å². The van der Waals surface area contributed by atoms with Gasteiger partial charge in [-0.25, -0.2) is 4.98 Å². The van der Waals surface area contributed by atoms with Gasteiger partial charge >= 0.3 is 0 Å². The Morgan fingerprint density at radius 3 is 2.38 bits per heavy atom. The molecule has 0 bridgehead atoms. The van der Waals surface area contributed by atoms with Crippen molar-refractivity contribution in [2.75, 3.05) is 18.0 Å². The fraction of sp³-hybridized carbons (Fsp3) is 0.684. The predicted molar refractivity (Wildman–Crippen MR) is 96.8 cm³/mol. The molecule has 0 atom stereocenters. The minimum absolute atomic E-state index is 0.0150. The molecule has 3 N–H and O–H groups in total. The summed E-state index contributed by atoms with van der Waals surface area (Å²) in [6, 6.07) is 4.14. The molecule has 0 radical (unpaired) electrons. The number of carbonyl (C=O) groups excluding carboxylic acids is 1. The van der Waals surface area contributed by atoms with E-state index in [1.54, 1.807) is 0 Å². The highest BCUT2D eigenvalue weighted by molar-refractivity contribution is 5.86. The summed E-state index contributed by atoms with van der Waals surface area (Å²) < 4.78 is 0. The van der Waals surface area contributed by atoms with Crippen LogP contribution in [0.4, 0.5) is 5.82 Å². The van der Waals surface area contributed by atoms with E-state index in [1.807, 2.05) is 6.20 Å².